The first-order valence-electron chi connectivity index (χ1n) is 9.32. The number of nitrogens with zero attached hydrogens (tertiary/aromatic N) is 2. The van der Waals surface area contributed by atoms with Crippen LogP contribution in [0.2, 0.25) is 0 Å². The SMILES string of the molecule is COC(=O)C1=C(C(=O)OC)N(c2cccc(-c3nc4ccc(Br)cc4[nH]3)c2)C=CC=C1. The Labute approximate surface area is 186 Å². The summed E-state index contributed by atoms with van der Waals surface area (Å²) in [4.78, 5) is 34.5. The summed E-state index contributed by atoms with van der Waals surface area (Å²) in [6.45, 7) is 0. The lowest BCUT2D eigenvalue weighted by Crippen LogP contribution is -2.26. The zero-order valence-corrected chi connectivity index (χ0v) is 18.3. The van der Waals surface area contributed by atoms with Crippen molar-refractivity contribution in [2.75, 3.05) is 19.1 Å². The van der Waals surface area contributed by atoms with Crippen molar-refractivity contribution in [3.8, 4) is 11.4 Å². The number of benzene rings is 2. The normalized spacial score (nSPS) is 13.5. The van der Waals surface area contributed by atoms with Crippen LogP contribution in [0.25, 0.3) is 22.4 Å². The van der Waals surface area contributed by atoms with Crippen LogP contribution in [0.15, 0.2) is 82.6 Å². The second kappa shape index (κ2) is 8.61. The van der Waals surface area contributed by atoms with Gasteiger partial charge < -0.3 is 19.4 Å². The summed E-state index contributed by atoms with van der Waals surface area (Å²) >= 11 is 3.46. The highest BCUT2D eigenvalue weighted by Crippen LogP contribution is 2.30. The Bertz CT molecular complexity index is 1270. The molecule has 0 radical (unpaired) electrons. The van der Waals surface area contributed by atoms with Gasteiger partial charge in [0.15, 0.2) is 0 Å². The Morgan fingerprint density at radius 2 is 1.84 bits per heavy atom. The maximum absolute atomic E-state index is 12.6. The van der Waals surface area contributed by atoms with Crippen LogP contribution in [0.4, 0.5) is 5.69 Å². The summed E-state index contributed by atoms with van der Waals surface area (Å²) in [5.41, 5.74) is 3.37. The Balaban J connectivity index is 1.82. The van der Waals surface area contributed by atoms with E-state index in [4.69, 9.17) is 9.47 Å². The minimum absolute atomic E-state index is 0.0602. The van der Waals surface area contributed by atoms with Crippen molar-refractivity contribution in [2.24, 2.45) is 0 Å². The van der Waals surface area contributed by atoms with Crippen molar-refractivity contribution < 1.29 is 19.1 Å². The maximum atomic E-state index is 12.6. The Hall–Kier alpha value is -3.65. The number of methoxy groups -OCH3 is 2. The van der Waals surface area contributed by atoms with E-state index in [1.165, 1.54) is 20.3 Å². The fourth-order valence-corrected chi connectivity index (χ4v) is 3.65. The van der Waals surface area contributed by atoms with Crippen LogP contribution in [0.5, 0.6) is 0 Å². The topological polar surface area (TPSA) is 84.5 Å². The lowest BCUT2D eigenvalue weighted by molar-refractivity contribution is -0.139. The number of aromatic amines is 1. The van der Waals surface area contributed by atoms with Crippen molar-refractivity contribution in [1.82, 2.24) is 9.97 Å². The molecule has 7 nitrogen and oxygen atoms in total. The van der Waals surface area contributed by atoms with Gasteiger partial charge in [0.2, 0.25) is 0 Å². The zero-order valence-electron chi connectivity index (χ0n) is 16.8. The molecule has 0 spiro atoms. The fraction of sp³-hybridized carbons (Fsp3) is 0.0870. The van der Waals surface area contributed by atoms with E-state index in [1.807, 2.05) is 42.5 Å². The Morgan fingerprint density at radius 3 is 2.61 bits per heavy atom. The van der Waals surface area contributed by atoms with Gasteiger partial charge in [-0.15, -0.1) is 0 Å². The Morgan fingerprint density at radius 1 is 1.03 bits per heavy atom. The number of fused-ring (bicyclic) bond motifs is 1. The van der Waals surface area contributed by atoms with Crippen LogP contribution in [-0.4, -0.2) is 36.1 Å². The quantitative estimate of drug-likeness (QED) is 0.555. The third-order valence-electron chi connectivity index (χ3n) is 4.73. The molecule has 0 atom stereocenters. The number of nitrogens with one attached hydrogen (secondary N) is 1. The second-order valence-electron chi connectivity index (χ2n) is 6.61. The summed E-state index contributed by atoms with van der Waals surface area (Å²) in [6.07, 6.45) is 6.60. The van der Waals surface area contributed by atoms with Crippen molar-refractivity contribution in [2.45, 2.75) is 0 Å². The summed E-state index contributed by atoms with van der Waals surface area (Å²) < 4.78 is 10.8. The van der Waals surface area contributed by atoms with Crippen LogP contribution in [0.3, 0.4) is 0 Å². The molecule has 0 saturated carbocycles. The van der Waals surface area contributed by atoms with E-state index in [1.54, 1.807) is 23.3 Å². The van der Waals surface area contributed by atoms with Crippen molar-refractivity contribution in [1.29, 1.82) is 0 Å². The van der Waals surface area contributed by atoms with Gasteiger partial charge in [-0.2, -0.15) is 0 Å². The number of anilines is 1. The van der Waals surface area contributed by atoms with Gasteiger partial charge in [0.25, 0.3) is 0 Å². The maximum Gasteiger partial charge on any atom is 0.355 e. The molecule has 0 unspecified atom stereocenters. The molecule has 1 aromatic heterocycles. The number of hydrogen-bond donors (Lipinski definition) is 1. The van der Waals surface area contributed by atoms with Gasteiger partial charge in [-0.05, 0) is 42.5 Å². The average molecular weight is 480 g/mol. The monoisotopic (exact) mass is 479 g/mol. The third kappa shape index (κ3) is 4.02. The zero-order chi connectivity index (χ0) is 22.0. The molecule has 1 aliphatic heterocycles. The summed E-state index contributed by atoms with van der Waals surface area (Å²) in [6, 6.07) is 13.3. The highest BCUT2D eigenvalue weighted by Gasteiger charge is 2.27. The predicted molar refractivity (Wildman–Crippen MR) is 121 cm³/mol. The molecule has 0 aliphatic carbocycles. The first-order chi connectivity index (χ1) is 15.0. The van der Waals surface area contributed by atoms with E-state index in [0.717, 1.165) is 21.1 Å². The highest BCUT2D eigenvalue weighted by molar-refractivity contribution is 9.10. The smallest absolute Gasteiger partial charge is 0.355 e. The van der Waals surface area contributed by atoms with Gasteiger partial charge in [0.1, 0.15) is 11.5 Å². The van der Waals surface area contributed by atoms with E-state index in [0.29, 0.717) is 11.5 Å². The molecule has 31 heavy (non-hydrogen) atoms. The molecule has 0 amide bonds. The van der Waals surface area contributed by atoms with E-state index in [-0.39, 0.29) is 11.3 Å². The lowest BCUT2D eigenvalue weighted by Gasteiger charge is -2.23. The number of hydrogen-bond acceptors (Lipinski definition) is 6. The minimum atomic E-state index is -0.657. The summed E-state index contributed by atoms with van der Waals surface area (Å²) in [5, 5.41) is 0. The second-order valence-corrected chi connectivity index (χ2v) is 7.53. The number of esters is 2. The Kier molecular flexibility index (Phi) is 5.73. The van der Waals surface area contributed by atoms with Gasteiger partial charge in [-0.1, -0.05) is 34.1 Å². The number of allylic oxidation sites excluding steroid dienone is 2. The van der Waals surface area contributed by atoms with Gasteiger partial charge in [0.05, 0.1) is 30.8 Å². The molecule has 0 fully saturated rings. The number of carbonyl (C=O) groups excluding carboxylic acids is 2. The number of H-pyrrole nitrogens is 1. The molecule has 4 rings (SSSR count). The number of imidazole rings is 1. The molecule has 8 heteroatoms. The largest absolute Gasteiger partial charge is 0.465 e. The van der Waals surface area contributed by atoms with Crippen molar-refractivity contribution in [3.05, 3.63) is 82.6 Å². The van der Waals surface area contributed by atoms with Crippen LogP contribution in [0.1, 0.15) is 0 Å². The number of rotatable bonds is 4. The van der Waals surface area contributed by atoms with Crippen LogP contribution in [0, 0.1) is 0 Å². The number of aromatic nitrogens is 2. The molecule has 3 aromatic rings. The van der Waals surface area contributed by atoms with E-state index < -0.39 is 11.9 Å². The predicted octanol–water partition coefficient (Wildman–Crippen LogP) is 4.48. The van der Waals surface area contributed by atoms with E-state index in [2.05, 4.69) is 25.9 Å². The standard InChI is InChI=1S/C23H18BrN3O4/c1-30-22(28)17-8-3-4-11-27(20(17)23(29)31-2)16-7-5-6-14(12-16)21-25-18-10-9-15(24)13-19(18)26-21/h3-13H,1-2H3,(H,25,26). The number of carbonyl (C=O) groups is 2. The molecule has 0 bridgehead atoms. The van der Waals surface area contributed by atoms with Gasteiger partial charge in [-0.3, -0.25) is 0 Å². The lowest BCUT2D eigenvalue weighted by atomic mass is 10.1. The fourth-order valence-electron chi connectivity index (χ4n) is 3.29. The summed E-state index contributed by atoms with van der Waals surface area (Å²) in [7, 11) is 2.53. The minimum Gasteiger partial charge on any atom is -0.465 e. The van der Waals surface area contributed by atoms with Crippen LogP contribution >= 0.6 is 15.9 Å². The van der Waals surface area contributed by atoms with E-state index in [9.17, 15) is 9.59 Å². The highest BCUT2D eigenvalue weighted by atomic mass is 79.9. The van der Waals surface area contributed by atoms with Crippen LogP contribution < -0.4 is 4.90 Å². The molecule has 0 saturated heterocycles. The van der Waals surface area contributed by atoms with E-state index >= 15 is 0 Å². The molecule has 2 heterocycles. The molecule has 156 valence electrons. The first-order valence-corrected chi connectivity index (χ1v) is 10.1. The molecular formula is C23H18BrN3O4. The van der Waals surface area contributed by atoms with Gasteiger partial charge >= 0.3 is 11.9 Å². The van der Waals surface area contributed by atoms with Crippen molar-refractivity contribution >= 4 is 44.6 Å². The van der Waals surface area contributed by atoms with Gasteiger partial charge in [0, 0.05) is 21.9 Å². The number of ether oxygens (including phenoxy) is 2. The van der Waals surface area contributed by atoms with Gasteiger partial charge in [-0.25, -0.2) is 14.6 Å². The molecule has 2 aromatic carbocycles. The number of halogens is 1. The average Bonchev–Trinajstić information content (AvgIpc) is 3.08. The summed E-state index contributed by atoms with van der Waals surface area (Å²) in [5.74, 6) is -0.608. The van der Waals surface area contributed by atoms with Crippen molar-refractivity contribution in [3.63, 3.8) is 0 Å². The third-order valence-corrected chi connectivity index (χ3v) is 5.22. The molecule has 1 N–H and O–H groups in total. The van der Waals surface area contributed by atoms with Crippen LogP contribution in [-0.2, 0) is 19.1 Å². The first kappa shape index (κ1) is 20.6. The molecule has 1 aliphatic rings. The molecular weight excluding hydrogens is 462 g/mol.